The van der Waals surface area contributed by atoms with Crippen molar-refractivity contribution in [3.8, 4) is 0 Å². The molecule has 1 amide bonds. The van der Waals surface area contributed by atoms with E-state index in [1.807, 2.05) is 6.92 Å². The third-order valence-corrected chi connectivity index (χ3v) is 7.07. The number of nitrogens with zero attached hydrogens (tertiary/aromatic N) is 1. The third-order valence-electron chi connectivity index (χ3n) is 5.17. The zero-order chi connectivity index (χ0) is 20.7. The maximum Gasteiger partial charge on any atom is 0.243 e. The molecule has 1 aromatic rings. The highest BCUT2D eigenvalue weighted by Crippen LogP contribution is 2.28. The van der Waals surface area contributed by atoms with E-state index in [2.05, 4.69) is 10.6 Å². The summed E-state index contributed by atoms with van der Waals surface area (Å²) in [5.41, 5.74) is 1.18. The van der Waals surface area contributed by atoms with Crippen molar-refractivity contribution in [1.82, 2.24) is 4.31 Å². The van der Waals surface area contributed by atoms with Gasteiger partial charge in [0.2, 0.25) is 15.9 Å². The molecule has 0 aliphatic carbocycles. The molecule has 2 N–H and O–H groups in total. The van der Waals surface area contributed by atoms with Gasteiger partial charge >= 0.3 is 0 Å². The maximum absolute atomic E-state index is 13.0. The Morgan fingerprint density at radius 3 is 2.69 bits per heavy atom. The second-order valence-corrected chi connectivity index (χ2v) is 9.33. The quantitative estimate of drug-likeness (QED) is 0.631. The van der Waals surface area contributed by atoms with E-state index in [1.54, 1.807) is 18.2 Å². The molecule has 29 heavy (non-hydrogen) atoms. The van der Waals surface area contributed by atoms with Gasteiger partial charge in [-0.1, -0.05) is 13.3 Å². The minimum atomic E-state index is -3.64. The average molecular weight is 426 g/mol. The largest absolute Gasteiger partial charge is 0.381 e. The molecular weight excluding hydrogens is 394 g/mol. The van der Waals surface area contributed by atoms with Gasteiger partial charge in [-0.3, -0.25) is 4.79 Å². The number of hydrogen-bond donors (Lipinski definition) is 2. The Bertz CT molecular complexity index is 787. The number of sulfonamides is 1. The topological polar surface area (TPSA) is 97.0 Å². The van der Waals surface area contributed by atoms with Gasteiger partial charge in [0.05, 0.1) is 35.6 Å². The fourth-order valence-electron chi connectivity index (χ4n) is 3.46. The Labute approximate surface area is 173 Å². The van der Waals surface area contributed by atoms with Crippen molar-refractivity contribution in [3.63, 3.8) is 0 Å². The predicted molar refractivity (Wildman–Crippen MR) is 112 cm³/mol. The van der Waals surface area contributed by atoms with Crippen LogP contribution in [-0.2, 0) is 24.3 Å². The van der Waals surface area contributed by atoms with Crippen molar-refractivity contribution >= 4 is 27.3 Å². The van der Waals surface area contributed by atoms with Crippen LogP contribution in [0.1, 0.15) is 39.0 Å². The van der Waals surface area contributed by atoms with Crippen LogP contribution in [-0.4, -0.2) is 64.2 Å². The molecule has 2 saturated heterocycles. The number of anilines is 2. The van der Waals surface area contributed by atoms with E-state index in [1.165, 1.54) is 4.31 Å². The fraction of sp³-hybridized carbons (Fsp3) is 0.650. The lowest BCUT2D eigenvalue weighted by molar-refractivity contribution is -0.116. The molecule has 0 saturated carbocycles. The van der Waals surface area contributed by atoms with Gasteiger partial charge in [0, 0.05) is 32.7 Å². The van der Waals surface area contributed by atoms with Gasteiger partial charge in [-0.15, -0.1) is 0 Å². The molecule has 2 aliphatic heterocycles. The molecule has 0 aromatic heterocycles. The van der Waals surface area contributed by atoms with Crippen molar-refractivity contribution < 1.29 is 22.7 Å². The first-order valence-corrected chi connectivity index (χ1v) is 11.8. The van der Waals surface area contributed by atoms with E-state index in [0.717, 1.165) is 32.3 Å². The highest BCUT2D eigenvalue weighted by Gasteiger charge is 2.27. The summed E-state index contributed by atoms with van der Waals surface area (Å²) in [5.74, 6) is -0.118. The molecule has 162 valence electrons. The number of carbonyl (C=O) groups excluding carboxylic acids is 1. The van der Waals surface area contributed by atoms with Crippen molar-refractivity contribution in [3.05, 3.63) is 18.2 Å². The van der Waals surface area contributed by atoms with E-state index in [-0.39, 0.29) is 16.9 Å². The van der Waals surface area contributed by atoms with Crippen LogP contribution in [0, 0.1) is 0 Å². The van der Waals surface area contributed by atoms with Crippen LogP contribution in [0.5, 0.6) is 0 Å². The second-order valence-electron chi connectivity index (χ2n) is 7.39. The molecule has 1 aromatic carbocycles. The van der Waals surface area contributed by atoms with E-state index >= 15 is 0 Å². The average Bonchev–Trinajstić information content (AvgIpc) is 3.25. The lowest BCUT2D eigenvalue weighted by Gasteiger charge is -2.26. The molecule has 2 fully saturated rings. The minimum Gasteiger partial charge on any atom is -0.381 e. The number of unbranched alkanes of at least 4 members (excludes halogenated alkanes) is 1. The Morgan fingerprint density at radius 2 is 2.00 bits per heavy atom. The molecule has 0 bridgehead atoms. The van der Waals surface area contributed by atoms with Gasteiger partial charge in [0.15, 0.2) is 0 Å². The molecule has 0 radical (unpaired) electrons. The standard InChI is InChI=1S/C20H31N3O5S/c1-2-3-6-20(24)22-19-14-17(29(25,26)23-9-12-27-13-10-23)7-8-18(19)21-15-16-5-4-11-28-16/h7-8,14,16,21H,2-6,9-13,15H2,1H3,(H,22,24). The highest BCUT2D eigenvalue weighted by molar-refractivity contribution is 7.89. The van der Waals surface area contributed by atoms with E-state index in [9.17, 15) is 13.2 Å². The number of hydrogen-bond acceptors (Lipinski definition) is 6. The summed E-state index contributed by atoms with van der Waals surface area (Å²) >= 11 is 0. The van der Waals surface area contributed by atoms with Crippen LogP contribution in [0.2, 0.25) is 0 Å². The molecule has 3 rings (SSSR count). The lowest BCUT2D eigenvalue weighted by atomic mass is 10.2. The molecule has 0 spiro atoms. The number of amides is 1. The van der Waals surface area contributed by atoms with Gasteiger partial charge < -0.3 is 20.1 Å². The summed E-state index contributed by atoms with van der Waals surface area (Å²) in [5, 5.41) is 6.19. The van der Waals surface area contributed by atoms with Crippen LogP contribution in [0.4, 0.5) is 11.4 Å². The first-order chi connectivity index (χ1) is 14.0. The summed E-state index contributed by atoms with van der Waals surface area (Å²) in [4.78, 5) is 12.5. The number of morpholine rings is 1. The Hall–Kier alpha value is -1.68. The Morgan fingerprint density at radius 1 is 1.21 bits per heavy atom. The van der Waals surface area contributed by atoms with E-state index in [4.69, 9.17) is 9.47 Å². The van der Waals surface area contributed by atoms with Crippen molar-refractivity contribution in [2.45, 2.75) is 50.0 Å². The highest BCUT2D eigenvalue weighted by atomic mass is 32.2. The number of ether oxygens (including phenoxy) is 2. The van der Waals surface area contributed by atoms with Crippen molar-refractivity contribution in [2.75, 3.05) is 50.1 Å². The molecule has 2 heterocycles. The normalized spacial score (nSPS) is 20.5. The van der Waals surface area contributed by atoms with Crippen LogP contribution in [0.15, 0.2) is 23.1 Å². The van der Waals surface area contributed by atoms with Crippen molar-refractivity contribution in [1.29, 1.82) is 0 Å². The zero-order valence-electron chi connectivity index (χ0n) is 17.0. The maximum atomic E-state index is 13.0. The third kappa shape index (κ3) is 5.91. The van der Waals surface area contributed by atoms with Crippen LogP contribution in [0.3, 0.4) is 0 Å². The molecule has 1 atom stereocenters. The smallest absolute Gasteiger partial charge is 0.243 e. The second kappa shape index (κ2) is 10.4. The fourth-order valence-corrected chi connectivity index (χ4v) is 4.89. The first kappa shape index (κ1) is 22.0. The van der Waals surface area contributed by atoms with Gasteiger partial charge in [-0.2, -0.15) is 4.31 Å². The SMILES string of the molecule is CCCCC(=O)Nc1cc(S(=O)(=O)N2CCOCC2)ccc1NCC1CCCO1. The molecule has 2 aliphatic rings. The summed E-state index contributed by atoms with van der Waals surface area (Å²) < 4.78 is 38.3. The summed E-state index contributed by atoms with van der Waals surface area (Å²) in [6.45, 7) is 4.86. The van der Waals surface area contributed by atoms with Crippen molar-refractivity contribution in [2.24, 2.45) is 0 Å². The molecule has 8 nitrogen and oxygen atoms in total. The summed E-state index contributed by atoms with van der Waals surface area (Å²) in [7, 11) is -3.64. The monoisotopic (exact) mass is 425 g/mol. The number of carbonyl (C=O) groups is 1. The number of benzene rings is 1. The predicted octanol–water partition coefficient (Wildman–Crippen LogP) is 2.43. The van der Waals surface area contributed by atoms with Gasteiger partial charge in [-0.25, -0.2) is 8.42 Å². The van der Waals surface area contributed by atoms with Crippen LogP contribution in [0.25, 0.3) is 0 Å². The number of rotatable bonds is 9. The van der Waals surface area contributed by atoms with Crippen LogP contribution >= 0.6 is 0 Å². The lowest BCUT2D eigenvalue weighted by Crippen LogP contribution is -2.40. The Kier molecular flexibility index (Phi) is 7.88. The van der Waals surface area contributed by atoms with E-state index in [0.29, 0.717) is 50.6 Å². The Balaban J connectivity index is 1.80. The first-order valence-electron chi connectivity index (χ1n) is 10.4. The number of nitrogens with one attached hydrogen (secondary N) is 2. The van der Waals surface area contributed by atoms with Gasteiger partial charge in [0.25, 0.3) is 0 Å². The van der Waals surface area contributed by atoms with Gasteiger partial charge in [0.1, 0.15) is 0 Å². The van der Waals surface area contributed by atoms with E-state index < -0.39 is 10.0 Å². The van der Waals surface area contributed by atoms with Gasteiger partial charge in [-0.05, 0) is 37.5 Å². The zero-order valence-corrected chi connectivity index (χ0v) is 17.8. The molecule has 9 heteroatoms. The minimum absolute atomic E-state index is 0.118. The summed E-state index contributed by atoms with van der Waals surface area (Å²) in [6, 6.07) is 4.86. The summed E-state index contributed by atoms with van der Waals surface area (Å²) in [6.07, 6.45) is 4.29. The molecular formula is C20H31N3O5S. The van der Waals surface area contributed by atoms with Crippen LogP contribution < -0.4 is 10.6 Å². The molecule has 1 unspecified atom stereocenters.